The van der Waals surface area contributed by atoms with Crippen LogP contribution < -0.4 is 14.9 Å². The minimum Gasteiger partial charge on any atom is -0.490 e. The molecule has 0 radical (unpaired) electrons. The fourth-order valence-electron chi connectivity index (χ4n) is 3.53. The van der Waals surface area contributed by atoms with Gasteiger partial charge in [-0.2, -0.15) is 5.10 Å². The van der Waals surface area contributed by atoms with Crippen LogP contribution in [0.3, 0.4) is 0 Å². The first-order valence-corrected chi connectivity index (χ1v) is 11.9. The molecule has 4 rings (SSSR count). The van der Waals surface area contributed by atoms with Gasteiger partial charge in [-0.25, -0.2) is 5.43 Å². The molecule has 0 unspecified atom stereocenters. The molecule has 0 bridgehead atoms. The lowest BCUT2D eigenvalue weighted by atomic mass is 10.1. The minimum absolute atomic E-state index is 0.236. The molecule has 35 heavy (non-hydrogen) atoms. The summed E-state index contributed by atoms with van der Waals surface area (Å²) in [6.07, 6.45) is 1.46. The van der Waals surface area contributed by atoms with Crippen molar-refractivity contribution in [2.24, 2.45) is 5.10 Å². The van der Waals surface area contributed by atoms with Gasteiger partial charge in [-0.1, -0.05) is 77.3 Å². The summed E-state index contributed by atoms with van der Waals surface area (Å²) < 4.78 is 11.9. The number of carbonyl (C=O) groups excluding carboxylic acids is 1. The van der Waals surface area contributed by atoms with Gasteiger partial charge in [0.2, 0.25) is 0 Å². The van der Waals surface area contributed by atoms with Crippen LogP contribution >= 0.6 is 34.8 Å². The molecule has 4 aromatic carbocycles. The highest BCUT2D eigenvalue weighted by Gasteiger charge is 2.14. The summed E-state index contributed by atoms with van der Waals surface area (Å²) in [5.41, 5.74) is 4.37. The molecule has 0 saturated carbocycles. The van der Waals surface area contributed by atoms with Gasteiger partial charge in [-0.3, -0.25) is 4.79 Å². The van der Waals surface area contributed by atoms with Gasteiger partial charge in [-0.05, 0) is 59.2 Å². The molecule has 1 N–H and O–H groups in total. The van der Waals surface area contributed by atoms with Crippen molar-refractivity contribution in [1.29, 1.82) is 0 Å². The van der Waals surface area contributed by atoms with Crippen LogP contribution in [0.15, 0.2) is 77.9 Å². The summed E-state index contributed by atoms with van der Waals surface area (Å²) in [5.74, 6) is 0.457. The molecule has 8 heteroatoms. The Balaban J connectivity index is 1.51. The van der Waals surface area contributed by atoms with Gasteiger partial charge < -0.3 is 9.47 Å². The molecule has 178 valence electrons. The third-order valence-electron chi connectivity index (χ3n) is 5.14. The molecule has 0 fully saturated rings. The van der Waals surface area contributed by atoms with E-state index in [0.717, 1.165) is 16.3 Å². The standard InChI is InChI=1S/C27H21Cl3N2O3/c1-2-34-25-13-17(15-31-32-27(33)22-11-10-20(28)14-23(22)29)12-24(30)26(25)35-16-19-8-5-7-18-6-3-4-9-21(18)19/h3-15H,2,16H2,1H3,(H,32,33)/b31-15-. The van der Waals surface area contributed by atoms with E-state index in [1.165, 1.54) is 18.3 Å². The monoisotopic (exact) mass is 526 g/mol. The molecule has 5 nitrogen and oxygen atoms in total. The normalized spacial score (nSPS) is 11.1. The Kier molecular flexibility index (Phi) is 8.13. The summed E-state index contributed by atoms with van der Waals surface area (Å²) >= 11 is 18.5. The van der Waals surface area contributed by atoms with Crippen LogP contribution in [0.2, 0.25) is 15.1 Å². The molecule has 4 aromatic rings. The third kappa shape index (κ3) is 6.06. The highest BCUT2D eigenvalue weighted by molar-refractivity contribution is 6.36. The average Bonchev–Trinajstić information content (AvgIpc) is 2.83. The number of carbonyl (C=O) groups is 1. The molecule has 1 amide bonds. The van der Waals surface area contributed by atoms with E-state index in [1.807, 2.05) is 31.2 Å². The predicted molar refractivity (Wildman–Crippen MR) is 142 cm³/mol. The molecule has 0 atom stereocenters. The van der Waals surface area contributed by atoms with E-state index >= 15 is 0 Å². The number of hydrogen-bond acceptors (Lipinski definition) is 4. The van der Waals surface area contributed by atoms with Gasteiger partial charge in [0.05, 0.1) is 28.4 Å². The quantitative estimate of drug-likeness (QED) is 0.190. The van der Waals surface area contributed by atoms with Gasteiger partial charge in [-0.15, -0.1) is 0 Å². The van der Waals surface area contributed by atoms with Crippen molar-refractivity contribution in [3.05, 3.63) is 105 Å². The zero-order valence-corrected chi connectivity index (χ0v) is 21.0. The van der Waals surface area contributed by atoms with Crippen molar-refractivity contribution >= 4 is 57.7 Å². The molecule has 0 saturated heterocycles. The summed E-state index contributed by atoms with van der Waals surface area (Å²) in [6, 6.07) is 22.2. The van der Waals surface area contributed by atoms with Crippen molar-refractivity contribution in [2.45, 2.75) is 13.5 Å². The molecule has 0 aromatic heterocycles. The van der Waals surface area contributed by atoms with E-state index < -0.39 is 5.91 Å². The maximum Gasteiger partial charge on any atom is 0.272 e. The minimum atomic E-state index is -0.464. The predicted octanol–water partition coefficient (Wildman–Crippen LogP) is 7.54. The van der Waals surface area contributed by atoms with Gasteiger partial charge >= 0.3 is 0 Å². The Morgan fingerprint density at radius 1 is 0.943 bits per heavy atom. The van der Waals surface area contributed by atoms with Crippen molar-refractivity contribution < 1.29 is 14.3 Å². The first-order chi connectivity index (χ1) is 17.0. The first kappa shape index (κ1) is 24.9. The van der Waals surface area contributed by atoms with Gasteiger partial charge in [0, 0.05) is 5.02 Å². The summed E-state index contributed by atoms with van der Waals surface area (Å²) in [7, 11) is 0. The van der Waals surface area contributed by atoms with E-state index in [0.29, 0.717) is 40.3 Å². The number of hydrogen-bond donors (Lipinski definition) is 1. The molecular weight excluding hydrogens is 507 g/mol. The SMILES string of the molecule is CCOc1cc(/C=N\NC(=O)c2ccc(Cl)cc2Cl)cc(Cl)c1OCc1cccc2ccccc12. The molecule has 0 aliphatic rings. The lowest BCUT2D eigenvalue weighted by molar-refractivity contribution is 0.0955. The molecule has 0 heterocycles. The second-order valence-corrected chi connectivity index (χ2v) is 8.76. The van der Waals surface area contributed by atoms with E-state index in [9.17, 15) is 4.79 Å². The zero-order chi connectivity index (χ0) is 24.8. The fraction of sp³-hybridized carbons (Fsp3) is 0.111. The number of rotatable bonds is 8. The second-order valence-electron chi connectivity index (χ2n) is 7.51. The van der Waals surface area contributed by atoms with Crippen LogP contribution in [0.4, 0.5) is 0 Å². The van der Waals surface area contributed by atoms with Crippen LogP contribution in [0, 0.1) is 0 Å². The number of amides is 1. The molecular formula is C27H21Cl3N2O3. The Bertz CT molecular complexity index is 1400. The van der Waals surface area contributed by atoms with E-state index in [4.69, 9.17) is 44.3 Å². The highest BCUT2D eigenvalue weighted by Crippen LogP contribution is 2.37. The number of hydrazone groups is 1. The first-order valence-electron chi connectivity index (χ1n) is 10.8. The Labute approximate surface area is 218 Å². The van der Waals surface area contributed by atoms with Crippen LogP contribution in [0.1, 0.15) is 28.4 Å². The lowest BCUT2D eigenvalue weighted by Gasteiger charge is -2.15. The zero-order valence-electron chi connectivity index (χ0n) is 18.7. The maximum atomic E-state index is 12.3. The number of halogens is 3. The van der Waals surface area contributed by atoms with Gasteiger partial charge in [0.1, 0.15) is 6.61 Å². The molecule has 0 aliphatic heterocycles. The van der Waals surface area contributed by atoms with Crippen LogP contribution in [0.25, 0.3) is 10.8 Å². The summed E-state index contributed by atoms with van der Waals surface area (Å²) in [4.78, 5) is 12.3. The smallest absolute Gasteiger partial charge is 0.272 e. The largest absolute Gasteiger partial charge is 0.490 e. The van der Waals surface area contributed by atoms with Crippen LogP contribution in [0.5, 0.6) is 11.5 Å². The number of ether oxygens (including phenoxy) is 2. The summed E-state index contributed by atoms with van der Waals surface area (Å²) in [6.45, 7) is 2.62. The van der Waals surface area contributed by atoms with Crippen molar-refractivity contribution in [1.82, 2.24) is 5.43 Å². The maximum absolute atomic E-state index is 12.3. The fourth-order valence-corrected chi connectivity index (χ4v) is 4.30. The highest BCUT2D eigenvalue weighted by atomic mass is 35.5. The average molecular weight is 528 g/mol. The Morgan fingerprint density at radius 3 is 2.54 bits per heavy atom. The van der Waals surface area contributed by atoms with Gasteiger partial charge in [0.15, 0.2) is 11.5 Å². The topological polar surface area (TPSA) is 59.9 Å². The number of nitrogens with one attached hydrogen (secondary N) is 1. The van der Waals surface area contributed by atoms with Crippen LogP contribution in [-0.2, 0) is 6.61 Å². The lowest BCUT2D eigenvalue weighted by Crippen LogP contribution is -2.18. The summed E-state index contributed by atoms with van der Waals surface area (Å²) in [5, 5.41) is 7.30. The molecule has 0 aliphatic carbocycles. The Morgan fingerprint density at radius 2 is 1.74 bits per heavy atom. The van der Waals surface area contributed by atoms with E-state index in [-0.39, 0.29) is 10.6 Å². The van der Waals surface area contributed by atoms with E-state index in [2.05, 4.69) is 28.7 Å². The third-order valence-corrected chi connectivity index (χ3v) is 5.97. The van der Waals surface area contributed by atoms with E-state index in [1.54, 1.807) is 18.2 Å². The van der Waals surface area contributed by atoms with Crippen molar-refractivity contribution in [3.8, 4) is 11.5 Å². The number of fused-ring (bicyclic) bond motifs is 1. The van der Waals surface area contributed by atoms with Crippen LogP contribution in [-0.4, -0.2) is 18.7 Å². The van der Waals surface area contributed by atoms with Gasteiger partial charge in [0.25, 0.3) is 5.91 Å². The Hall–Kier alpha value is -3.25. The van der Waals surface area contributed by atoms with Crippen molar-refractivity contribution in [2.75, 3.05) is 6.61 Å². The van der Waals surface area contributed by atoms with Crippen molar-refractivity contribution in [3.63, 3.8) is 0 Å². The number of nitrogens with zero attached hydrogens (tertiary/aromatic N) is 1. The number of benzene rings is 4. The molecule has 0 spiro atoms. The second kappa shape index (κ2) is 11.5.